The van der Waals surface area contributed by atoms with Crippen LogP contribution in [0.3, 0.4) is 0 Å². The van der Waals surface area contributed by atoms with Crippen LogP contribution in [0.4, 0.5) is 10.5 Å². The third kappa shape index (κ3) is 2.34. The summed E-state index contributed by atoms with van der Waals surface area (Å²) in [6, 6.07) is 9.42. The molecule has 2 aliphatic heterocycles. The van der Waals surface area contributed by atoms with E-state index in [1.807, 2.05) is 12.1 Å². The summed E-state index contributed by atoms with van der Waals surface area (Å²) in [5, 5.41) is 2.82. The first-order chi connectivity index (χ1) is 8.83. The normalized spacial score (nSPS) is 20.4. The topological polar surface area (TPSA) is 35.6 Å². The van der Waals surface area contributed by atoms with Gasteiger partial charge >= 0.3 is 6.03 Å². The monoisotopic (exact) mass is 244 g/mol. The minimum atomic E-state index is -0.00966. The van der Waals surface area contributed by atoms with Crippen LogP contribution in [-0.4, -0.2) is 37.1 Å². The van der Waals surface area contributed by atoms with Crippen molar-refractivity contribution in [3.8, 4) is 0 Å². The van der Waals surface area contributed by atoms with Crippen LogP contribution in [-0.2, 0) is 6.54 Å². The first kappa shape index (κ1) is 11.5. The van der Waals surface area contributed by atoms with E-state index in [-0.39, 0.29) is 6.03 Å². The van der Waals surface area contributed by atoms with E-state index in [4.69, 9.17) is 0 Å². The molecule has 4 nitrogen and oxygen atoms in total. The number of rotatable bonds is 3. The molecule has 0 aromatic heterocycles. The first-order valence-electron chi connectivity index (χ1n) is 6.62. The van der Waals surface area contributed by atoms with Gasteiger partial charge in [0.1, 0.15) is 0 Å². The zero-order valence-electron chi connectivity index (χ0n) is 10.5. The van der Waals surface area contributed by atoms with Gasteiger partial charge in [0.05, 0.1) is 5.69 Å². The molecule has 1 aromatic rings. The number of nitrogens with zero attached hydrogens (tertiary/aromatic N) is 2. The number of benzene rings is 1. The molecule has 18 heavy (non-hydrogen) atoms. The molecule has 2 heterocycles. The highest BCUT2D eigenvalue weighted by molar-refractivity contribution is 5.93. The van der Waals surface area contributed by atoms with Crippen molar-refractivity contribution in [1.29, 1.82) is 0 Å². The summed E-state index contributed by atoms with van der Waals surface area (Å²) in [5.74, 6) is 0. The van der Waals surface area contributed by atoms with E-state index in [0.717, 1.165) is 25.3 Å². The van der Waals surface area contributed by atoms with Crippen LogP contribution in [0, 0.1) is 6.07 Å². The molecule has 0 spiro atoms. The molecule has 1 N–H and O–H groups in total. The summed E-state index contributed by atoms with van der Waals surface area (Å²) in [6.45, 7) is 4.78. The summed E-state index contributed by atoms with van der Waals surface area (Å²) >= 11 is 0. The molecule has 0 unspecified atom stereocenters. The molecule has 0 aliphatic carbocycles. The fraction of sp³-hybridized carbons (Fsp3) is 0.500. The van der Waals surface area contributed by atoms with E-state index in [2.05, 4.69) is 22.3 Å². The Hall–Kier alpha value is -1.55. The average Bonchev–Trinajstić information content (AvgIpc) is 3.01. The van der Waals surface area contributed by atoms with Crippen LogP contribution in [0.25, 0.3) is 0 Å². The Balaban J connectivity index is 1.73. The predicted octanol–water partition coefficient (Wildman–Crippen LogP) is 1.61. The van der Waals surface area contributed by atoms with E-state index in [1.165, 1.54) is 31.5 Å². The van der Waals surface area contributed by atoms with Gasteiger partial charge in [0.15, 0.2) is 0 Å². The summed E-state index contributed by atoms with van der Waals surface area (Å²) in [7, 11) is 0. The van der Waals surface area contributed by atoms with Gasteiger partial charge in [0.2, 0.25) is 0 Å². The summed E-state index contributed by atoms with van der Waals surface area (Å²) in [6.07, 6.45) is 2.60. The van der Waals surface area contributed by atoms with Crippen molar-refractivity contribution in [3.63, 3.8) is 0 Å². The molecule has 0 saturated carbocycles. The first-order valence-corrected chi connectivity index (χ1v) is 6.62. The number of anilines is 1. The Kier molecular flexibility index (Phi) is 3.19. The number of carbonyl (C=O) groups excluding carboxylic acids is 1. The second-order valence-electron chi connectivity index (χ2n) is 4.93. The molecule has 0 atom stereocenters. The molecule has 1 radical (unpaired) electrons. The van der Waals surface area contributed by atoms with Crippen LogP contribution in [0.2, 0.25) is 0 Å². The number of likely N-dealkylation sites (tertiary alicyclic amines) is 1. The van der Waals surface area contributed by atoms with Gasteiger partial charge in [-0.05, 0) is 37.6 Å². The zero-order chi connectivity index (χ0) is 12.4. The van der Waals surface area contributed by atoms with E-state index in [9.17, 15) is 4.79 Å². The van der Waals surface area contributed by atoms with Crippen LogP contribution >= 0.6 is 0 Å². The van der Waals surface area contributed by atoms with Crippen molar-refractivity contribution < 1.29 is 4.79 Å². The number of amides is 2. The Morgan fingerprint density at radius 1 is 1.22 bits per heavy atom. The minimum Gasteiger partial charge on any atom is -0.336 e. The van der Waals surface area contributed by atoms with E-state index >= 15 is 0 Å². The molecule has 2 amide bonds. The third-order valence-corrected chi connectivity index (χ3v) is 3.58. The standard InChI is InChI=1S/C14H18N3O/c18-14-15-6-9-17(14)13-5-3-4-12(10-13)11-16-7-1-2-8-16/h3-5H,1-2,6-9,11H2,(H,15,18). The molecule has 2 fully saturated rings. The van der Waals surface area contributed by atoms with Gasteiger partial charge in [-0.3, -0.25) is 9.80 Å². The second-order valence-corrected chi connectivity index (χ2v) is 4.93. The van der Waals surface area contributed by atoms with Gasteiger partial charge in [-0.15, -0.1) is 0 Å². The van der Waals surface area contributed by atoms with E-state index < -0.39 is 0 Å². The van der Waals surface area contributed by atoms with Crippen molar-refractivity contribution in [1.82, 2.24) is 10.2 Å². The third-order valence-electron chi connectivity index (χ3n) is 3.58. The van der Waals surface area contributed by atoms with Gasteiger partial charge in [-0.1, -0.05) is 12.1 Å². The Bertz CT molecular complexity index is 440. The predicted molar refractivity (Wildman–Crippen MR) is 70.5 cm³/mol. The van der Waals surface area contributed by atoms with Crippen molar-refractivity contribution in [3.05, 3.63) is 29.8 Å². The van der Waals surface area contributed by atoms with Crippen LogP contribution in [0.1, 0.15) is 18.4 Å². The van der Waals surface area contributed by atoms with Crippen LogP contribution < -0.4 is 10.2 Å². The highest BCUT2D eigenvalue weighted by Gasteiger charge is 2.21. The van der Waals surface area contributed by atoms with Gasteiger partial charge in [0.25, 0.3) is 0 Å². The van der Waals surface area contributed by atoms with Crippen LogP contribution in [0.15, 0.2) is 18.2 Å². The van der Waals surface area contributed by atoms with Gasteiger partial charge < -0.3 is 5.32 Å². The maximum atomic E-state index is 11.6. The zero-order valence-corrected chi connectivity index (χ0v) is 10.5. The summed E-state index contributed by atoms with van der Waals surface area (Å²) in [5.41, 5.74) is 2.07. The average molecular weight is 244 g/mol. The van der Waals surface area contributed by atoms with Crippen molar-refractivity contribution in [2.75, 3.05) is 31.1 Å². The van der Waals surface area contributed by atoms with E-state index in [1.54, 1.807) is 4.90 Å². The van der Waals surface area contributed by atoms with Crippen molar-refractivity contribution >= 4 is 11.7 Å². The highest BCUT2D eigenvalue weighted by Crippen LogP contribution is 2.19. The minimum absolute atomic E-state index is 0.00966. The quantitative estimate of drug-likeness (QED) is 0.877. The number of hydrogen-bond acceptors (Lipinski definition) is 2. The molecule has 0 bridgehead atoms. The fourth-order valence-electron chi connectivity index (χ4n) is 2.64. The Morgan fingerprint density at radius 3 is 2.78 bits per heavy atom. The molecule has 2 saturated heterocycles. The lowest BCUT2D eigenvalue weighted by Crippen LogP contribution is -2.28. The lowest BCUT2D eigenvalue weighted by Gasteiger charge is -2.17. The number of urea groups is 1. The maximum absolute atomic E-state index is 11.6. The molecule has 4 heteroatoms. The number of nitrogens with one attached hydrogen (secondary N) is 1. The number of hydrogen-bond donors (Lipinski definition) is 1. The summed E-state index contributed by atoms with van der Waals surface area (Å²) in [4.78, 5) is 15.8. The SMILES string of the molecule is O=C1NCCN1c1[c]c(CN2CCCC2)ccc1. The lowest BCUT2D eigenvalue weighted by atomic mass is 10.2. The largest absolute Gasteiger partial charge is 0.336 e. The number of carbonyl (C=O) groups is 1. The lowest BCUT2D eigenvalue weighted by molar-refractivity contribution is 0.252. The van der Waals surface area contributed by atoms with Gasteiger partial charge in [0, 0.05) is 25.7 Å². The molecule has 3 rings (SSSR count). The van der Waals surface area contributed by atoms with Crippen molar-refractivity contribution in [2.45, 2.75) is 19.4 Å². The van der Waals surface area contributed by atoms with E-state index in [0.29, 0.717) is 0 Å². The Labute approximate surface area is 108 Å². The van der Waals surface area contributed by atoms with Crippen molar-refractivity contribution in [2.24, 2.45) is 0 Å². The highest BCUT2D eigenvalue weighted by atomic mass is 16.2. The second kappa shape index (κ2) is 4.98. The molecule has 95 valence electrons. The molecular weight excluding hydrogens is 226 g/mol. The molecular formula is C14H18N3O. The smallest absolute Gasteiger partial charge is 0.322 e. The summed E-state index contributed by atoms with van der Waals surface area (Å²) < 4.78 is 0. The fourth-order valence-corrected chi connectivity index (χ4v) is 2.64. The van der Waals surface area contributed by atoms with Gasteiger partial charge in [-0.25, -0.2) is 4.79 Å². The Morgan fingerprint density at radius 2 is 2.06 bits per heavy atom. The van der Waals surface area contributed by atoms with Crippen LogP contribution in [0.5, 0.6) is 0 Å². The molecule has 1 aromatic carbocycles. The van der Waals surface area contributed by atoms with Gasteiger partial charge in [-0.2, -0.15) is 0 Å². The maximum Gasteiger partial charge on any atom is 0.322 e. The molecule has 2 aliphatic rings.